The number of pyridine rings is 1. The first-order chi connectivity index (χ1) is 10.5. The highest BCUT2D eigenvalue weighted by Gasteiger charge is 2.33. The summed E-state index contributed by atoms with van der Waals surface area (Å²) >= 11 is 0. The fourth-order valence-electron chi connectivity index (χ4n) is 2.80. The average Bonchev–Trinajstić information content (AvgIpc) is 2.53. The second kappa shape index (κ2) is 5.70. The summed E-state index contributed by atoms with van der Waals surface area (Å²) in [6.07, 6.45) is -2.80. The van der Waals surface area contributed by atoms with Gasteiger partial charge in [-0.1, -0.05) is 18.2 Å². The number of hydrogen-bond donors (Lipinski definition) is 1. The Hall–Kier alpha value is -1.92. The van der Waals surface area contributed by atoms with Crippen LogP contribution >= 0.6 is 0 Å². The van der Waals surface area contributed by atoms with Gasteiger partial charge in [-0.25, -0.2) is 0 Å². The van der Waals surface area contributed by atoms with E-state index in [4.69, 9.17) is 10.5 Å². The zero-order chi connectivity index (χ0) is 15.7. The molecular formula is C16H15F3N2O. The van der Waals surface area contributed by atoms with E-state index in [9.17, 15) is 13.2 Å². The molecule has 2 N–H and O–H groups in total. The minimum absolute atomic E-state index is 0.201. The molecule has 3 rings (SSSR count). The van der Waals surface area contributed by atoms with E-state index < -0.39 is 11.9 Å². The van der Waals surface area contributed by atoms with Crippen molar-refractivity contribution in [2.24, 2.45) is 5.73 Å². The zero-order valence-electron chi connectivity index (χ0n) is 11.7. The van der Waals surface area contributed by atoms with E-state index in [0.717, 1.165) is 22.8 Å². The molecule has 1 aromatic carbocycles. The largest absolute Gasteiger partial charge is 0.433 e. The Balaban J connectivity index is 2.10. The number of alkyl halides is 3. The molecule has 2 aromatic rings. The fraction of sp³-hybridized carbons (Fsp3) is 0.312. The van der Waals surface area contributed by atoms with Crippen molar-refractivity contribution in [1.82, 2.24) is 4.98 Å². The predicted molar refractivity (Wildman–Crippen MR) is 76.1 cm³/mol. The Morgan fingerprint density at radius 3 is 2.82 bits per heavy atom. The van der Waals surface area contributed by atoms with Gasteiger partial charge in [-0.2, -0.15) is 13.2 Å². The van der Waals surface area contributed by atoms with Crippen LogP contribution in [-0.2, 0) is 17.3 Å². The molecule has 0 amide bonds. The molecule has 3 nitrogen and oxygen atoms in total. The second-order valence-electron chi connectivity index (χ2n) is 5.15. The Kier molecular flexibility index (Phi) is 3.88. The van der Waals surface area contributed by atoms with E-state index in [-0.39, 0.29) is 6.10 Å². The van der Waals surface area contributed by atoms with Crippen LogP contribution in [0.1, 0.15) is 22.9 Å². The molecule has 116 valence electrons. The molecule has 1 aliphatic heterocycles. The van der Waals surface area contributed by atoms with Gasteiger partial charge in [0.15, 0.2) is 0 Å². The zero-order valence-corrected chi connectivity index (χ0v) is 11.7. The predicted octanol–water partition coefficient (Wildman–Crippen LogP) is 3.34. The van der Waals surface area contributed by atoms with Crippen molar-refractivity contribution < 1.29 is 17.9 Å². The molecule has 0 spiro atoms. The monoisotopic (exact) mass is 308 g/mol. The van der Waals surface area contributed by atoms with E-state index in [1.807, 2.05) is 18.2 Å². The molecular weight excluding hydrogens is 293 g/mol. The minimum Gasteiger partial charge on any atom is -0.372 e. The lowest BCUT2D eigenvalue weighted by Crippen LogP contribution is -2.23. The quantitative estimate of drug-likeness (QED) is 0.925. The number of halogens is 3. The van der Waals surface area contributed by atoms with Crippen molar-refractivity contribution in [2.75, 3.05) is 13.2 Å². The molecule has 0 fully saturated rings. The van der Waals surface area contributed by atoms with E-state index in [2.05, 4.69) is 4.98 Å². The van der Waals surface area contributed by atoms with Gasteiger partial charge in [-0.05, 0) is 40.8 Å². The highest BCUT2D eigenvalue weighted by molar-refractivity contribution is 5.69. The van der Waals surface area contributed by atoms with Crippen LogP contribution in [0.25, 0.3) is 11.1 Å². The maximum absolute atomic E-state index is 12.8. The van der Waals surface area contributed by atoms with Gasteiger partial charge in [0.2, 0.25) is 0 Å². The van der Waals surface area contributed by atoms with Gasteiger partial charge in [-0.3, -0.25) is 4.98 Å². The molecule has 1 atom stereocenters. The summed E-state index contributed by atoms with van der Waals surface area (Å²) in [5, 5.41) is 0. The highest BCUT2D eigenvalue weighted by atomic mass is 19.4. The van der Waals surface area contributed by atoms with Gasteiger partial charge < -0.3 is 10.5 Å². The van der Waals surface area contributed by atoms with Crippen LogP contribution in [0.3, 0.4) is 0 Å². The topological polar surface area (TPSA) is 48.1 Å². The van der Waals surface area contributed by atoms with Crippen LogP contribution in [0, 0.1) is 0 Å². The number of nitrogens with two attached hydrogens (primary N) is 1. The molecule has 6 heteroatoms. The number of nitrogens with zero attached hydrogens (tertiary/aromatic N) is 1. The van der Waals surface area contributed by atoms with Crippen molar-refractivity contribution in [3.8, 4) is 11.1 Å². The third-order valence-electron chi connectivity index (χ3n) is 3.81. The van der Waals surface area contributed by atoms with Crippen LogP contribution in [-0.4, -0.2) is 18.1 Å². The van der Waals surface area contributed by atoms with Crippen molar-refractivity contribution in [3.05, 3.63) is 53.3 Å². The summed E-state index contributed by atoms with van der Waals surface area (Å²) in [6, 6.07) is 8.24. The number of aromatic nitrogens is 1. The van der Waals surface area contributed by atoms with Gasteiger partial charge in [0.25, 0.3) is 0 Å². The van der Waals surface area contributed by atoms with E-state index in [1.165, 1.54) is 6.20 Å². The molecule has 2 heterocycles. The maximum Gasteiger partial charge on any atom is 0.433 e. The smallest absolute Gasteiger partial charge is 0.372 e. The SMILES string of the molecule is NCC1OCCc2c(-c3ccnc(C(F)(F)F)c3)cccc21. The molecule has 0 saturated heterocycles. The minimum atomic E-state index is -4.45. The van der Waals surface area contributed by atoms with E-state index >= 15 is 0 Å². The number of rotatable bonds is 2. The first-order valence-corrected chi connectivity index (χ1v) is 6.98. The molecule has 1 aliphatic rings. The molecule has 1 aromatic heterocycles. The first kappa shape index (κ1) is 15.0. The molecule has 22 heavy (non-hydrogen) atoms. The fourth-order valence-corrected chi connectivity index (χ4v) is 2.80. The van der Waals surface area contributed by atoms with Crippen LogP contribution in [0.5, 0.6) is 0 Å². The third kappa shape index (κ3) is 2.71. The summed E-state index contributed by atoms with van der Waals surface area (Å²) in [6.45, 7) is 0.865. The molecule has 0 bridgehead atoms. The summed E-state index contributed by atoms with van der Waals surface area (Å²) in [7, 11) is 0. The van der Waals surface area contributed by atoms with E-state index in [0.29, 0.717) is 25.1 Å². The van der Waals surface area contributed by atoms with Crippen LogP contribution in [0.4, 0.5) is 13.2 Å². The maximum atomic E-state index is 12.8. The van der Waals surface area contributed by atoms with Crippen LogP contribution < -0.4 is 5.73 Å². The second-order valence-corrected chi connectivity index (χ2v) is 5.15. The summed E-state index contributed by atoms with van der Waals surface area (Å²) < 4.78 is 44.1. The van der Waals surface area contributed by atoms with Crippen molar-refractivity contribution >= 4 is 0 Å². The first-order valence-electron chi connectivity index (χ1n) is 6.98. The normalized spacial score (nSPS) is 18.1. The van der Waals surface area contributed by atoms with Crippen LogP contribution in [0.2, 0.25) is 0 Å². The van der Waals surface area contributed by atoms with Crippen molar-refractivity contribution in [1.29, 1.82) is 0 Å². The number of ether oxygens (including phenoxy) is 1. The van der Waals surface area contributed by atoms with Crippen LogP contribution in [0.15, 0.2) is 36.5 Å². The highest BCUT2D eigenvalue weighted by Crippen LogP contribution is 2.36. The Labute approximate surface area is 125 Å². The molecule has 0 radical (unpaired) electrons. The lowest BCUT2D eigenvalue weighted by molar-refractivity contribution is -0.141. The molecule has 1 unspecified atom stereocenters. The summed E-state index contributed by atoms with van der Waals surface area (Å²) in [5.74, 6) is 0. The lowest BCUT2D eigenvalue weighted by atomic mass is 9.89. The Morgan fingerprint density at radius 2 is 2.09 bits per heavy atom. The van der Waals surface area contributed by atoms with Gasteiger partial charge in [0.1, 0.15) is 5.69 Å². The van der Waals surface area contributed by atoms with Gasteiger partial charge in [0, 0.05) is 12.7 Å². The molecule has 0 saturated carbocycles. The lowest BCUT2D eigenvalue weighted by Gasteiger charge is -2.27. The van der Waals surface area contributed by atoms with Crippen molar-refractivity contribution in [3.63, 3.8) is 0 Å². The van der Waals surface area contributed by atoms with Gasteiger partial charge in [0.05, 0.1) is 12.7 Å². The van der Waals surface area contributed by atoms with Crippen molar-refractivity contribution in [2.45, 2.75) is 18.7 Å². The number of benzene rings is 1. The van der Waals surface area contributed by atoms with Gasteiger partial charge in [-0.15, -0.1) is 0 Å². The summed E-state index contributed by atoms with van der Waals surface area (Å²) in [5.41, 5.74) is 8.07. The standard InChI is InChI=1S/C16H15F3N2O/c17-16(18,19)15-8-10(4-6-21-15)11-2-1-3-13-12(11)5-7-22-14(13)9-20/h1-4,6,8,14H,5,7,9,20H2. The molecule has 0 aliphatic carbocycles. The third-order valence-corrected chi connectivity index (χ3v) is 3.81. The number of fused-ring (bicyclic) bond motifs is 1. The number of hydrogen-bond acceptors (Lipinski definition) is 3. The van der Waals surface area contributed by atoms with Gasteiger partial charge >= 0.3 is 6.18 Å². The Morgan fingerprint density at radius 1 is 1.27 bits per heavy atom. The average molecular weight is 308 g/mol. The van der Waals surface area contributed by atoms with E-state index in [1.54, 1.807) is 6.07 Å². The summed E-state index contributed by atoms with van der Waals surface area (Å²) in [4.78, 5) is 3.41. The Bertz CT molecular complexity index is 685.